The second-order valence-electron chi connectivity index (χ2n) is 15.3. The Bertz CT molecular complexity index is 3080. The number of nitrogens with zero attached hydrogens (tertiary/aromatic N) is 2. The molecule has 0 atom stereocenters. The summed E-state index contributed by atoms with van der Waals surface area (Å²) in [5, 5.41) is 8.34. The van der Waals surface area contributed by atoms with Crippen LogP contribution in [0.2, 0.25) is 0 Å². The van der Waals surface area contributed by atoms with Crippen molar-refractivity contribution in [1.29, 1.82) is 0 Å². The molecule has 2 nitrogen and oxygen atoms in total. The number of benzene rings is 9. The van der Waals surface area contributed by atoms with Gasteiger partial charge in [0.05, 0.1) is 11.0 Å². The third-order valence-corrected chi connectivity index (χ3v) is 17.3. The maximum atomic E-state index is 2.60. The Morgan fingerprint density at radius 1 is 0.298 bits per heavy atom. The number of para-hydroxylation sites is 3. The van der Waals surface area contributed by atoms with Gasteiger partial charge >= 0.3 is 0 Å². The van der Waals surface area contributed by atoms with Gasteiger partial charge in [0.2, 0.25) is 0 Å². The molecule has 10 aromatic rings. The van der Waals surface area contributed by atoms with Crippen LogP contribution in [-0.2, 0) is 0 Å². The van der Waals surface area contributed by atoms with Crippen LogP contribution in [0, 0.1) is 0 Å². The van der Waals surface area contributed by atoms with Crippen LogP contribution in [0.1, 0.15) is 0 Å². The standard InChI is InChI=1S/C54H36N2Si/c1-4-18-37(19-5-1)39-32-40(38-20-6-2-7-21-38)34-42(33-39)56-47-27-13-10-24-43(47)46-35-54-50(36-49(46)56)55(41-22-8-3-9-23-41)48-28-14-17-31-53(48)57(54)51-29-15-11-25-44(51)45-26-12-16-30-52(45)57/h1-36H/q-1. The molecule has 0 amide bonds. The zero-order valence-corrected chi connectivity index (χ0v) is 32.2. The molecular weight excluding hydrogens is 705 g/mol. The molecule has 2 aliphatic heterocycles. The second kappa shape index (κ2) is 12.4. The van der Waals surface area contributed by atoms with Crippen LogP contribution in [-0.4, -0.2) is 12.6 Å². The molecular formula is C54H36N2Si-. The molecule has 2 aliphatic rings. The molecule has 9 aromatic carbocycles. The van der Waals surface area contributed by atoms with Crippen molar-refractivity contribution < 1.29 is 0 Å². The summed E-state index contributed by atoms with van der Waals surface area (Å²) in [6.45, 7) is 0. The van der Waals surface area contributed by atoms with Crippen molar-refractivity contribution in [3.05, 3.63) is 218 Å². The van der Waals surface area contributed by atoms with Crippen molar-refractivity contribution >= 4 is 67.7 Å². The minimum Gasteiger partial charge on any atom is -0.316 e. The summed E-state index contributed by atoms with van der Waals surface area (Å²) in [5.41, 5.74) is 14.7. The highest BCUT2D eigenvalue weighted by Crippen LogP contribution is 2.44. The number of hydrogen-bond donors (Lipinski definition) is 0. The lowest BCUT2D eigenvalue weighted by atomic mass is 9.98. The highest BCUT2D eigenvalue weighted by molar-refractivity contribution is 7.23. The molecule has 0 saturated carbocycles. The summed E-state index contributed by atoms with van der Waals surface area (Å²) >= 11 is 0. The number of hydrogen-bond acceptors (Lipinski definition) is 1. The van der Waals surface area contributed by atoms with Gasteiger partial charge in [-0.25, -0.2) is 0 Å². The molecule has 267 valence electrons. The molecule has 3 heteroatoms. The number of anilines is 3. The molecule has 0 aliphatic carbocycles. The Morgan fingerprint density at radius 2 is 0.825 bits per heavy atom. The quantitative estimate of drug-likeness (QED) is 0.163. The predicted molar refractivity (Wildman–Crippen MR) is 243 cm³/mol. The predicted octanol–water partition coefficient (Wildman–Crippen LogP) is 11.3. The van der Waals surface area contributed by atoms with Gasteiger partial charge in [-0.1, -0.05) is 181 Å². The summed E-state index contributed by atoms with van der Waals surface area (Å²) in [6, 6.07) is 81.4. The molecule has 0 saturated heterocycles. The fourth-order valence-electron chi connectivity index (χ4n) is 10.0. The monoisotopic (exact) mass is 740 g/mol. The average Bonchev–Trinajstić information content (AvgIpc) is 3.77. The van der Waals surface area contributed by atoms with Crippen molar-refractivity contribution in [2.75, 3.05) is 4.90 Å². The van der Waals surface area contributed by atoms with Crippen LogP contribution in [0.4, 0.5) is 17.1 Å². The lowest BCUT2D eigenvalue weighted by Crippen LogP contribution is -2.75. The van der Waals surface area contributed by atoms with Gasteiger partial charge < -0.3 is 9.47 Å². The first-order chi connectivity index (χ1) is 28.3. The number of rotatable bonds is 4. The minimum atomic E-state index is -2.81. The maximum Gasteiger partial charge on any atom is 0.0559 e. The van der Waals surface area contributed by atoms with E-state index in [4.69, 9.17) is 0 Å². The fourth-order valence-corrected chi connectivity index (χ4v) is 15.6. The Kier molecular flexibility index (Phi) is 6.98. The summed E-state index contributed by atoms with van der Waals surface area (Å²) in [6.07, 6.45) is 0. The molecule has 0 fully saturated rings. The Hall–Kier alpha value is -7.20. The topological polar surface area (TPSA) is 8.17 Å². The van der Waals surface area contributed by atoms with Crippen molar-refractivity contribution in [3.63, 3.8) is 0 Å². The van der Waals surface area contributed by atoms with Gasteiger partial charge in [-0.3, -0.25) is 0 Å². The maximum absolute atomic E-state index is 2.81. The summed E-state index contributed by atoms with van der Waals surface area (Å²) in [4.78, 5) is 2.53. The minimum absolute atomic E-state index is 1.15. The van der Waals surface area contributed by atoms with Gasteiger partial charge in [0.15, 0.2) is 0 Å². The third kappa shape index (κ3) is 4.58. The number of fused-ring (bicyclic) bond motifs is 12. The fraction of sp³-hybridized carbons (Fsp3) is 0. The van der Waals surface area contributed by atoms with Gasteiger partial charge in [-0.05, 0) is 78.9 Å². The van der Waals surface area contributed by atoms with Crippen molar-refractivity contribution in [3.8, 4) is 39.1 Å². The summed E-state index contributed by atoms with van der Waals surface area (Å²) < 4.78 is 2.51. The molecule has 12 rings (SSSR count). The van der Waals surface area contributed by atoms with Gasteiger partial charge in [0, 0.05) is 33.5 Å². The Balaban J connectivity index is 1.23. The van der Waals surface area contributed by atoms with Crippen LogP contribution in [0.3, 0.4) is 0 Å². The van der Waals surface area contributed by atoms with E-state index in [0.29, 0.717) is 0 Å². The van der Waals surface area contributed by atoms with Crippen molar-refractivity contribution in [2.24, 2.45) is 0 Å². The number of aromatic nitrogens is 1. The normalized spacial score (nSPS) is 13.4. The van der Waals surface area contributed by atoms with E-state index in [1.54, 1.807) is 0 Å². The third-order valence-electron chi connectivity index (χ3n) is 12.3. The summed E-state index contributed by atoms with van der Waals surface area (Å²) in [7, 11) is -2.81. The van der Waals surface area contributed by atoms with Gasteiger partial charge in [0.25, 0.3) is 0 Å². The van der Waals surface area contributed by atoms with E-state index in [9.17, 15) is 0 Å². The van der Waals surface area contributed by atoms with E-state index in [1.807, 2.05) is 0 Å². The van der Waals surface area contributed by atoms with Crippen LogP contribution in [0.25, 0.3) is 60.9 Å². The lowest BCUT2D eigenvalue weighted by molar-refractivity contribution is 1.18. The van der Waals surface area contributed by atoms with Crippen LogP contribution in [0.15, 0.2) is 218 Å². The molecule has 3 heterocycles. The molecule has 57 heavy (non-hydrogen) atoms. The first kappa shape index (κ1) is 32.1. The van der Waals surface area contributed by atoms with E-state index < -0.39 is 8.07 Å². The van der Waals surface area contributed by atoms with Gasteiger partial charge in [-0.2, -0.15) is 10.4 Å². The van der Waals surface area contributed by atoms with E-state index in [-0.39, 0.29) is 0 Å². The van der Waals surface area contributed by atoms with Crippen LogP contribution in [0.5, 0.6) is 0 Å². The summed E-state index contributed by atoms with van der Waals surface area (Å²) in [5.74, 6) is 0. The molecule has 1 aromatic heterocycles. The van der Waals surface area contributed by atoms with Gasteiger partial charge in [0.1, 0.15) is 0 Å². The van der Waals surface area contributed by atoms with E-state index >= 15 is 0 Å². The van der Waals surface area contributed by atoms with E-state index in [1.165, 1.54) is 87.3 Å². The zero-order valence-electron chi connectivity index (χ0n) is 31.2. The highest BCUT2D eigenvalue weighted by Gasteiger charge is 2.43. The molecule has 0 radical (unpaired) electrons. The average molecular weight is 741 g/mol. The molecule has 0 unspecified atom stereocenters. The van der Waals surface area contributed by atoms with E-state index in [2.05, 4.69) is 228 Å². The van der Waals surface area contributed by atoms with Crippen LogP contribution < -0.4 is 25.6 Å². The first-order valence-corrected chi connectivity index (χ1v) is 21.8. The van der Waals surface area contributed by atoms with Crippen LogP contribution >= 0.6 is 0 Å². The smallest absolute Gasteiger partial charge is 0.0559 e. The van der Waals surface area contributed by atoms with Crippen molar-refractivity contribution in [2.45, 2.75) is 0 Å². The molecule has 0 bridgehead atoms. The Labute approximate surface area is 333 Å². The zero-order chi connectivity index (χ0) is 37.5. The van der Waals surface area contributed by atoms with Gasteiger partial charge in [-0.15, -0.1) is 10.4 Å². The first-order valence-electron chi connectivity index (χ1n) is 19.8. The van der Waals surface area contributed by atoms with Crippen molar-refractivity contribution in [1.82, 2.24) is 4.57 Å². The second-order valence-corrected chi connectivity index (χ2v) is 18.9. The molecule has 1 spiro atoms. The highest BCUT2D eigenvalue weighted by atomic mass is 28.3. The Morgan fingerprint density at radius 3 is 1.47 bits per heavy atom. The molecule has 0 N–H and O–H groups in total. The lowest BCUT2D eigenvalue weighted by Gasteiger charge is -2.53. The largest absolute Gasteiger partial charge is 0.316 e. The SMILES string of the molecule is c1ccc(-c2cc(-c3ccccc3)cc(-n3c4ccccc4c4cc5c(cc43)N(c3ccccc3)c3ccccc3[Si-]53c4ccccc4-c4ccccc43)c2)cc1. The van der Waals surface area contributed by atoms with E-state index in [0.717, 1.165) is 11.4 Å².